The minimum Gasteiger partial charge on any atom is -0.478 e. The third-order valence-corrected chi connectivity index (χ3v) is 19.3. The molecule has 2 amide bonds. The van der Waals surface area contributed by atoms with Gasteiger partial charge in [-0.25, -0.2) is 18.0 Å². The summed E-state index contributed by atoms with van der Waals surface area (Å²) in [7, 11) is -2.94. The Balaban J connectivity index is 1.14. The van der Waals surface area contributed by atoms with Crippen LogP contribution in [0.1, 0.15) is 115 Å². The highest BCUT2D eigenvalue weighted by molar-refractivity contribution is 14.1. The van der Waals surface area contributed by atoms with Crippen LogP contribution in [-0.4, -0.2) is 89.5 Å². The number of amides is 2. The van der Waals surface area contributed by atoms with Crippen molar-refractivity contribution in [2.24, 2.45) is 51.2 Å². The molecular weight excluding hydrogens is 821 g/mol. The second kappa shape index (κ2) is 14.7. The number of halogens is 1. The average Bonchev–Trinajstić information content (AvgIpc) is 3.50. The first-order valence-corrected chi connectivity index (χ1v) is 24.4. The number of hydrogen-bond donors (Lipinski definition) is 2. The average molecular weight is 888 g/mol. The Morgan fingerprint density at radius 1 is 0.927 bits per heavy atom. The number of fused-ring (bicyclic) bond motifs is 7. The van der Waals surface area contributed by atoms with Gasteiger partial charge in [0.2, 0.25) is 0 Å². The highest BCUT2D eigenvalue weighted by Gasteiger charge is 2.70. The zero-order valence-electron chi connectivity index (χ0n) is 34.3. The second-order valence-corrected chi connectivity index (χ2v) is 23.3. The maximum Gasteiger partial charge on any atom is 0.335 e. The molecule has 0 aromatic heterocycles. The first-order chi connectivity index (χ1) is 25.8. The molecule has 1 saturated heterocycles. The van der Waals surface area contributed by atoms with Gasteiger partial charge in [-0.1, -0.05) is 87.6 Å². The number of nitrogens with zero attached hydrogens (tertiary/aromatic N) is 2. The molecule has 5 aliphatic carbocycles. The van der Waals surface area contributed by atoms with E-state index >= 15 is 0 Å². The molecule has 10 heteroatoms. The van der Waals surface area contributed by atoms with Crippen molar-refractivity contribution >= 4 is 50.0 Å². The minimum absolute atomic E-state index is 0.0329. The van der Waals surface area contributed by atoms with E-state index in [4.69, 9.17) is 0 Å². The number of rotatable bonds is 9. The molecule has 7 rings (SSSR count). The predicted molar refractivity (Wildman–Crippen MR) is 230 cm³/mol. The number of carboxylic acid groups (broad SMARTS) is 1. The van der Waals surface area contributed by atoms with E-state index in [0.717, 1.165) is 42.1 Å². The number of sulfone groups is 1. The number of allylic oxidation sites excluding steroid dienone is 3. The van der Waals surface area contributed by atoms with Crippen molar-refractivity contribution in [2.45, 2.75) is 105 Å². The molecule has 8 nitrogen and oxygen atoms in total. The summed E-state index contributed by atoms with van der Waals surface area (Å²) in [5.41, 5.74) is 4.34. The van der Waals surface area contributed by atoms with Crippen LogP contribution < -0.4 is 5.32 Å². The summed E-state index contributed by atoms with van der Waals surface area (Å²) < 4.78 is 24.9. The normalized spacial score (nSPS) is 39.0. The molecule has 9 atom stereocenters. The highest BCUT2D eigenvalue weighted by atomic mass is 127. The van der Waals surface area contributed by atoms with Crippen molar-refractivity contribution in [2.75, 3.05) is 48.7 Å². The number of carbonyl (C=O) groups excluding carboxylic acids is 1. The molecule has 1 heterocycles. The quantitative estimate of drug-likeness (QED) is 0.146. The Morgan fingerprint density at radius 3 is 2.25 bits per heavy atom. The van der Waals surface area contributed by atoms with Crippen molar-refractivity contribution in [1.82, 2.24) is 15.1 Å². The van der Waals surface area contributed by atoms with Gasteiger partial charge in [0.25, 0.3) is 0 Å². The molecule has 2 N–H and O–H groups in total. The third-order valence-electron chi connectivity index (χ3n) is 17.2. The van der Waals surface area contributed by atoms with Crippen LogP contribution in [0.15, 0.2) is 42.5 Å². The van der Waals surface area contributed by atoms with Crippen LogP contribution in [0, 0.1) is 51.2 Å². The number of hydrogen-bond acceptors (Lipinski definition) is 5. The molecule has 5 fully saturated rings. The zero-order valence-corrected chi connectivity index (χ0v) is 37.2. The molecule has 1 aliphatic heterocycles. The first-order valence-electron chi connectivity index (χ1n) is 21.1. The van der Waals surface area contributed by atoms with Crippen molar-refractivity contribution in [3.05, 3.63) is 53.6 Å². The molecule has 304 valence electrons. The SMILES string of the molecule is C=C(C)[C@@H]1CC[C@]2(NC(=O)N(CCI)CCN3CCS(=O)(=O)CC3)CC[C@]3(C)[C@H](CC[C@@H]4[C@@]5(C)CC=C(c6ccc(C(=O)O)cc6)C(C)(C)[C@@H]5CC[C@]43C)[C@@H]12. The lowest BCUT2D eigenvalue weighted by Crippen LogP contribution is -2.69. The van der Waals surface area contributed by atoms with Gasteiger partial charge in [0.15, 0.2) is 9.84 Å². The van der Waals surface area contributed by atoms with Crippen LogP contribution in [0.25, 0.3) is 5.57 Å². The lowest BCUT2D eigenvalue weighted by Gasteiger charge is -2.72. The van der Waals surface area contributed by atoms with Gasteiger partial charge < -0.3 is 15.3 Å². The topological polar surface area (TPSA) is 107 Å². The summed E-state index contributed by atoms with van der Waals surface area (Å²) in [5.74, 6) is 1.94. The fraction of sp³-hybridized carbons (Fsp3) is 0.733. The fourth-order valence-electron chi connectivity index (χ4n) is 14.2. The van der Waals surface area contributed by atoms with Gasteiger partial charge in [0, 0.05) is 42.7 Å². The van der Waals surface area contributed by atoms with Crippen LogP contribution in [-0.2, 0) is 9.84 Å². The molecule has 55 heavy (non-hydrogen) atoms. The van der Waals surface area contributed by atoms with E-state index in [1.807, 2.05) is 17.0 Å². The number of benzene rings is 1. The number of carbonyl (C=O) groups is 2. The Kier molecular flexibility index (Phi) is 11.0. The van der Waals surface area contributed by atoms with Crippen molar-refractivity contribution in [3.8, 4) is 0 Å². The summed E-state index contributed by atoms with van der Waals surface area (Å²) in [4.78, 5) is 30.2. The highest BCUT2D eigenvalue weighted by Crippen LogP contribution is 2.76. The van der Waals surface area contributed by atoms with Gasteiger partial charge >= 0.3 is 12.0 Å². The van der Waals surface area contributed by atoms with Crippen LogP contribution >= 0.6 is 22.6 Å². The molecule has 0 spiro atoms. The molecule has 6 aliphatic rings. The minimum atomic E-state index is -2.94. The summed E-state index contributed by atoms with van der Waals surface area (Å²) in [6.07, 6.45) is 12.6. The number of aromatic carboxylic acids is 1. The summed E-state index contributed by atoms with van der Waals surface area (Å²) >= 11 is 2.37. The van der Waals surface area contributed by atoms with Gasteiger partial charge in [0.1, 0.15) is 0 Å². The lowest BCUT2D eigenvalue weighted by atomic mass is 9.33. The van der Waals surface area contributed by atoms with Crippen molar-refractivity contribution < 1.29 is 23.1 Å². The van der Waals surface area contributed by atoms with Crippen molar-refractivity contribution in [3.63, 3.8) is 0 Å². The van der Waals surface area contributed by atoms with E-state index in [1.54, 1.807) is 12.1 Å². The third kappa shape index (κ3) is 6.85. The number of nitrogens with one attached hydrogen (secondary N) is 1. The van der Waals surface area contributed by atoms with E-state index in [1.165, 1.54) is 36.8 Å². The molecule has 0 bridgehead atoms. The van der Waals surface area contributed by atoms with Crippen LogP contribution in [0.4, 0.5) is 4.79 Å². The molecule has 0 radical (unpaired) electrons. The van der Waals surface area contributed by atoms with E-state index in [9.17, 15) is 23.1 Å². The maximum atomic E-state index is 14.4. The molecule has 0 unspecified atom stereocenters. The van der Waals surface area contributed by atoms with Gasteiger partial charge in [-0.2, -0.15) is 0 Å². The first kappa shape index (κ1) is 41.2. The Bertz CT molecular complexity index is 1810. The molecule has 1 aromatic rings. The van der Waals surface area contributed by atoms with Gasteiger partial charge in [-0.3, -0.25) is 4.90 Å². The standard InChI is InChI=1S/C45H66IN3O5S/c1-30(2)33-14-19-45(47-40(52)49(23-22-46)25-24-48-26-28-55(53,54)29-27-48)21-20-43(6)35(38(33)45)12-13-37-42(5)17-15-34(31-8-10-32(11-9-31)39(50)51)41(3,4)36(42)16-18-44(37,43)7/h8-11,15,33,35-38H,1,12-14,16-29H2,2-7H3,(H,47,52)(H,50,51)/t33-,35+,36-,37+,38+,42-,43+,44+,45-/m0/s1. The molecule has 1 aromatic carbocycles. The van der Waals surface area contributed by atoms with Crippen LogP contribution in [0.2, 0.25) is 0 Å². The monoisotopic (exact) mass is 887 g/mol. The Morgan fingerprint density at radius 2 is 1.62 bits per heavy atom. The zero-order chi connectivity index (χ0) is 39.8. The summed E-state index contributed by atoms with van der Waals surface area (Å²) in [6, 6.07) is 7.57. The predicted octanol–water partition coefficient (Wildman–Crippen LogP) is 8.97. The van der Waals surface area contributed by atoms with E-state index in [2.05, 4.69) is 87.0 Å². The number of alkyl halides is 1. The van der Waals surface area contributed by atoms with Crippen molar-refractivity contribution in [1.29, 1.82) is 0 Å². The summed E-state index contributed by atoms with van der Waals surface area (Å²) in [6.45, 7) is 22.7. The van der Waals surface area contributed by atoms with E-state index < -0.39 is 15.8 Å². The second-order valence-electron chi connectivity index (χ2n) is 19.9. The summed E-state index contributed by atoms with van der Waals surface area (Å²) in [5, 5.41) is 13.3. The van der Waals surface area contributed by atoms with Crippen LogP contribution in [0.3, 0.4) is 0 Å². The number of carboxylic acids is 1. The van der Waals surface area contributed by atoms with E-state index in [0.29, 0.717) is 67.9 Å². The molecule has 4 saturated carbocycles. The lowest BCUT2D eigenvalue weighted by molar-refractivity contribution is -0.218. The van der Waals surface area contributed by atoms with Gasteiger partial charge in [-0.05, 0) is 139 Å². The Hall–Kier alpha value is -1.92. The van der Waals surface area contributed by atoms with Gasteiger partial charge in [-0.15, -0.1) is 0 Å². The largest absolute Gasteiger partial charge is 0.478 e. The van der Waals surface area contributed by atoms with E-state index in [-0.39, 0.29) is 44.7 Å². The van der Waals surface area contributed by atoms with Gasteiger partial charge in [0.05, 0.1) is 17.1 Å². The maximum absolute atomic E-state index is 14.4. The molecular formula is C45H66IN3O5S. The smallest absolute Gasteiger partial charge is 0.335 e. The number of urea groups is 1. The van der Waals surface area contributed by atoms with Crippen LogP contribution in [0.5, 0.6) is 0 Å². The Labute approximate surface area is 344 Å². The fourth-order valence-corrected chi connectivity index (χ4v) is 16.1.